The fourth-order valence-corrected chi connectivity index (χ4v) is 3.63. The van der Waals surface area contributed by atoms with Crippen LogP contribution in [0.25, 0.3) is 11.3 Å². The number of fused-ring (bicyclic) bond motifs is 3. The number of nitriles is 2. The zero-order valence-corrected chi connectivity index (χ0v) is 16.7. The molecule has 2 aliphatic rings. The van der Waals surface area contributed by atoms with Crippen molar-refractivity contribution in [3.05, 3.63) is 46.9 Å². The van der Waals surface area contributed by atoms with Gasteiger partial charge >= 0.3 is 0 Å². The molecule has 3 heterocycles. The number of benzene rings is 1. The summed E-state index contributed by atoms with van der Waals surface area (Å²) in [7, 11) is 0. The normalized spacial score (nSPS) is 18.2. The Kier molecular flexibility index (Phi) is 6.08. The molecular weight excluding hydrogens is 401 g/mol. The highest BCUT2D eigenvalue weighted by Crippen LogP contribution is 2.38. The van der Waals surface area contributed by atoms with E-state index in [9.17, 15) is 14.4 Å². The molecule has 158 valence electrons. The Labute approximate surface area is 178 Å². The zero-order valence-electron chi connectivity index (χ0n) is 16.7. The van der Waals surface area contributed by atoms with Crippen LogP contribution in [0.2, 0.25) is 0 Å². The van der Waals surface area contributed by atoms with Gasteiger partial charge in [-0.05, 0) is 36.7 Å². The molecule has 2 aromatic rings. The molecule has 9 heteroatoms. The lowest BCUT2D eigenvalue weighted by molar-refractivity contribution is -0.132. The maximum absolute atomic E-state index is 14.9. The summed E-state index contributed by atoms with van der Waals surface area (Å²) in [5.74, 6) is -0.481. The van der Waals surface area contributed by atoms with E-state index in [4.69, 9.17) is 14.7 Å². The highest BCUT2D eigenvalue weighted by Gasteiger charge is 2.26. The van der Waals surface area contributed by atoms with Crippen LogP contribution in [-0.4, -0.2) is 42.7 Å². The lowest BCUT2D eigenvalue weighted by Gasteiger charge is -2.22. The summed E-state index contributed by atoms with van der Waals surface area (Å²) < 4.78 is 26.1. The Morgan fingerprint density at radius 1 is 1.39 bits per heavy atom. The average molecular weight is 421 g/mol. The molecule has 1 fully saturated rings. The Morgan fingerprint density at radius 3 is 3.06 bits per heavy atom. The molecule has 4 rings (SSSR count). The van der Waals surface area contributed by atoms with Gasteiger partial charge in [0.15, 0.2) is 0 Å². The Bertz CT molecular complexity index is 1080. The number of halogens is 1. The third kappa shape index (κ3) is 4.48. The minimum atomic E-state index is -0.918. The highest BCUT2D eigenvalue weighted by molar-refractivity contribution is 5.81. The van der Waals surface area contributed by atoms with Gasteiger partial charge in [0.1, 0.15) is 36.4 Å². The first kappa shape index (κ1) is 20.7. The molecule has 0 unspecified atom stereocenters. The summed E-state index contributed by atoms with van der Waals surface area (Å²) in [5.41, 5.74) is 2.42. The van der Waals surface area contributed by atoms with Gasteiger partial charge in [-0.3, -0.25) is 9.78 Å². The Balaban J connectivity index is 1.52. The van der Waals surface area contributed by atoms with Gasteiger partial charge < -0.3 is 20.1 Å². The van der Waals surface area contributed by atoms with E-state index >= 15 is 0 Å². The van der Waals surface area contributed by atoms with Crippen LogP contribution in [0.5, 0.6) is 5.75 Å². The minimum absolute atomic E-state index is 0.0154. The van der Waals surface area contributed by atoms with Crippen molar-refractivity contribution in [3.8, 4) is 29.1 Å². The molecule has 1 amide bonds. The molecular formula is C22H20FN5O3. The Hall–Kier alpha value is -3.53. The van der Waals surface area contributed by atoms with Gasteiger partial charge in [0.05, 0.1) is 17.3 Å². The molecule has 2 N–H and O–H groups in total. The molecule has 2 atom stereocenters. The molecule has 1 aromatic carbocycles. The number of nitrogens with one attached hydrogen (secondary N) is 2. The third-order valence-electron chi connectivity index (χ3n) is 5.22. The van der Waals surface area contributed by atoms with Gasteiger partial charge in [0, 0.05) is 36.9 Å². The average Bonchev–Trinajstić information content (AvgIpc) is 3.08. The van der Waals surface area contributed by atoms with E-state index in [1.165, 1.54) is 18.3 Å². The van der Waals surface area contributed by atoms with Crippen LogP contribution in [0.4, 0.5) is 4.39 Å². The maximum Gasteiger partial charge on any atom is 0.251 e. The van der Waals surface area contributed by atoms with Crippen molar-refractivity contribution in [2.45, 2.75) is 31.6 Å². The van der Waals surface area contributed by atoms with Crippen molar-refractivity contribution >= 4 is 5.91 Å². The topological polar surface area (TPSA) is 120 Å². The highest BCUT2D eigenvalue weighted by atomic mass is 19.1. The first-order valence-electron chi connectivity index (χ1n) is 9.96. The molecule has 2 aliphatic heterocycles. The monoisotopic (exact) mass is 421 g/mol. The van der Waals surface area contributed by atoms with Gasteiger partial charge in [-0.15, -0.1) is 0 Å². The quantitative estimate of drug-likeness (QED) is 0.769. The molecule has 31 heavy (non-hydrogen) atoms. The lowest BCUT2D eigenvalue weighted by Crippen LogP contribution is -2.46. The standard InChI is InChI=1S/C22H20FN5O3/c23-18-7-17-19(31-12-15-4-13(8-24)10-27-21(15)17)6-14(18)5-16(9-25)28-22(29)20-11-26-2-1-3-30-20/h4,6-7,10,16,20,26H,1-3,5,11-12H2,(H,28,29)/t16-,20+/m1/s1. The molecule has 0 radical (unpaired) electrons. The van der Waals surface area contributed by atoms with E-state index < -0.39 is 23.9 Å². The van der Waals surface area contributed by atoms with E-state index in [1.807, 2.05) is 12.1 Å². The summed E-state index contributed by atoms with van der Waals surface area (Å²) in [6, 6.07) is 7.64. The number of ether oxygens (including phenoxy) is 2. The number of pyridine rings is 1. The second-order valence-electron chi connectivity index (χ2n) is 7.38. The van der Waals surface area contributed by atoms with Crippen LogP contribution in [-0.2, 0) is 22.6 Å². The van der Waals surface area contributed by atoms with Crippen molar-refractivity contribution in [2.24, 2.45) is 0 Å². The van der Waals surface area contributed by atoms with Gasteiger partial charge in [0.2, 0.25) is 0 Å². The summed E-state index contributed by atoms with van der Waals surface area (Å²) >= 11 is 0. The summed E-state index contributed by atoms with van der Waals surface area (Å²) in [5, 5.41) is 24.3. The van der Waals surface area contributed by atoms with Crippen molar-refractivity contribution in [1.82, 2.24) is 15.6 Å². The maximum atomic E-state index is 14.9. The number of aromatic nitrogens is 1. The summed E-state index contributed by atoms with van der Waals surface area (Å²) in [6.45, 7) is 1.80. The molecule has 0 aliphatic carbocycles. The van der Waals surface area contributed by atoms with Crippen molar-refractivity contribution in [3.63, 3.8) is 0 Å². The molecule has 0 saturated carbocycles. The minimum Gasteiger partial charge on any atom is -0.488 e. The lowest BCUT2D eigenvalue weighted by atomic mass is 9.97. The second kappa shape index (κ2) is 9.09. The Morgan fingerprint density at radius 2 is 2.26 bits per heavy atom. The van der Waals surface area contributed by atoms with Crippen LogP contribution < -0.4 is 15.4 Å². The predicted octanol–water partition coefficient (Wildman–Crippen LogP) is 1.58. The number of carbonyl (C=O) groups excluding carboxylic acids is 1. The molecule has 0 bridgehead atoms. The smallest absolute Gasteiger partial charge is 0.251 e. The molecule has 1 aromatic heterocycles. The molecule has 1 saturated heterocycles. The fraction of sp³-hybridized carbons (Fsp3) is 0.364. The van der Waals surface area contributed by atoms with Gasteiger partial charge in [0.25, 0.3) is 5.91 Å². The number of carbonyl (C=O) groups is 1. The van der Waals surface area contributed by atoms with Crippen molar-refractivity contribution < 1.29 is 18.7 Å². The predicted molar refractivity (Wildman–Crippen MR) is 107 cm³/mol. The van der Waals surface area contributed by atoms with Crippen LogP contribution in [0.1, 0.15) is 23.1 Å². The summed E-state index contributed by atoms with van der Waals surface area (Å²) in [4.78, 5) is 16.7. The molecule has 0 spiro atoms. The van der Waals surface area contributed by atoms with E-state index in [2.05, 4.69) is 15.6 Å². The van der Waals surface area contributed by atoms with Crippen LogP contribution >= 0.6 is 0 Å². The van der Waals surface area contributed by atoms with E-state index in [-0.39, 0.29) is 18.6 Å². The van der Waals surface area contributed by atoms with E-state index in [1.54, 1.807) is 6.07 Å². The van der Waals surface area contributed by atoms with Gasteiger partial charge in [-0.25, -0.2) is 4.39 Å². The first-order valence-corrected chi connectivity index (χ1v) is 9.96. The number of amides is 1. The molecule has 8 nitrogen and oxygen atoms in total. The van der Waals surface area contributed by atoms with Crippen molar-refractivity contribution in [1.29, 1.82) is 10.5 Å². The third-order valence-corrected chi connectivity index (χ3v) is 5.22. The SMILES string of the molecule is N#Cc1cnc2c(c1)COc1cc(C[C@H](C#N)NC(=O)[C@@H]3CNCCCO3)c(F)cc1-2. The van der Waals surface area contributed by atoms with E-state index in [0.717, 1.165) is 13.0 Å². The number of hydrogen-bond donors (Lipinski definition) is 2. The van der Waals surface area contributed by atoms with Crippen molar-refractivity contribution in [2.75, 3.05) is 19.7 Å². The first-order chi connectivity index (χ1) is 15.1. The fourth-order valence-electron chi connectivity index (χ4n) is 3.63. The summed E-state index contributed by atoms with van der Waals surface area (Å²) in [6.07, 6.45) is 1.54. The second-order valence-corrected chi connectivity index (χ2v) is 7.38. The van der Waals surface area contributed by atoms with Crippen LogP contribution in [0.15, 0.2) is 24.4 Å². The zero-order chi connectivity index (χ0) is 21.8. The van der Waals surface area contributed by atoms with Crippen LogP contribution in [0, 0.1) is 28.5 Å². The number of hydrogen-bond acceptors (Lipinski definition) is 7. The van der Waals surface area contributed by atoms with Crippen LogP contribution in [0.3, 0.4) is 0 Å². The number of rotatable bonds is 4. The number of nitrogens with zero attached hydrogens (tertiary/aromatic N) is 3. The van der Waals surface area contributed by atoms with Gasteiger partial charge in [-0.2, -0.15) is 10.5 Å². The largest absolute Gasteiger partial charge is 0.488 e. The van der Waals surface area contributed by atoms with E-state index in [0.29, 0.717) is 41.3 Å². The van der Waals surface area contributed by atoms with Gasteiger partial charge in [-0.1, -0.05) is 0 Å².